The number of nitrogens with zero attached hydrogens (tertiary/aromatic N) is 1. The zero-order valence-corrected chi connectivity index (χ0v) is 8.43. The molecule has 0 N–H and O–H groups in total. The molecule has 0 aromatic carbocycles. The first-order valence-corrected chi connectivity index (χ1v) is 4.95. The lowest BCUT2D eigenvalue weighted by molar-refractivity contribution is 0.246. The lowest BCUT2D eigenvalue weighted by Gasteiger charge is -2.22. The quantitative estimate of drug-likeness (QED) is 0.566. The third-order valence-corrected chi connectivity index (χ3v) is 2.18. The Morgan fingerprint density at radius 1 is 1.17 bits per heavy atom. The van der Waals surface area contributed by atoms with Crippen LogP contribution in [0, 0.1) is 23.7 Å². The van der Waals surface area contributed by atoms with Crippen LogP contribution >= 0.6 is 0 Å². The molecule has 0 aromatic heterocycles. The lowest BCUT2D eigenvalue weighted by Crippen LogP contribution is -2.31. The Labute approximate surface area is 76.1 Å². The van der Waals surface area contributed by atoms with E-state index in [1.54, 1.807) is 0 Å². The van der Waals surface area contributed by atoms with Gasteiger partial charge in [0, 0.05) is 24.9 Å². The Morgan fingerprint density at radius 3 is 2.08 bits per heavy atom. The molecule has 0 saturated heterocycles. The van der Waals surface area contributed by atoms with Crippen molar-refractivity contribution in [1.82, 2.24) is 4.90 Å². The van der Waals surface area contributed by atoms with E-state index in [4.69, 9.17) is 0 Å². The van der Waals surface area contributed by atoms with E-state index in [1.807, 2.05) is 0 Å². The summed E-state index contributed by atoms with van der Waals surface area (Å²) in [6, 6.07) is 0. The molecular formula is C11H19N. The number of hydrogen-bond donors (Lipinski definition) is 0. The fourth-order valence-corrected chi connectivity index (χ4v) is 1.72. The summed E-state index contributed by atoms with van der Waals surface area (Å²) in [5, 5.41) is 0. The Bertz CT molecular complexity index is 171. The highest BCUT2D eigenvalue weighted by Gasteiger charge is 2.13. The second-order valence-electron chi connectivity index (χ2n) is 3.85. The SMILES string of the molecule is CCCN1CC(C)C#CC(C)C1. The molecule has 1 heteroatoms. The highest BCUT2D eigenvalue weighted by molar-refractivity contribution is 5.08. The molecule has 1 aliphatic heterocycles. The molecule has 0 spiro atoms. The monoisotopic (exact) mass is 165 g/mol. The highest BCUT2D eigenvalue weighted by Crippen LogP contribution is 2.08. The van der Waals surface area contributed by atoms with E-state index >= 15 is 0 Å². The maximum absolute atomic E-state index is 3.29. The average molecular weight is 165 g/mol. The van der Waals surface area contributed by atoms with Crippen LogP contribution in [0.15, 0.2) is 0 Å². The zero-order valence-electron chi connectivity index (χ0n) is 8.43. The molecule has 1 nitrogen and oxygen atoms in total. The molecule has 12 heavy (non-hydrogen) atoms. The van der Waals surface area contributed by atoms with Gasteiger partial charge in [0.2, 0.25) is 0 Å². The normalized spacial score (nSPS) is 30.6. The van der Waals surface area contributed by atoms with Crippen molar-refractivity contribution >= 4 is 0 Å². The van der Waals surface area contributed by atoms with Crippen LogP contribution in [0.4, 0.5) is 0 Å². The first-order chi connectivity index (χ1) is 5.72. The van der Waals surface area contributed by atoms with Crippen molar-refractivity contribution in [3.63, 3.8) is 0 Å². The van der Waals surface area contributed by atoms with Crippen LogP contribution in [0.25, 0.3) is 0 Å². The van der Waals surface area contributed by atoms with Gasteiger partial charge in [-0.2, -0.15) is 0 Å². The summed E-state index contributed by atoms with van der Waals surface area (Å²) >= 11 is 0. The van der Waals surface area contributed by atoms with Gasteiger partial charge in [-0.3, -0.25) is 0 Å². The van der Waals surface area contributed by atoms with E-state index in [1.165, 1.54) is 13.0 Å². The van der Waals surface area contributed by atoms with Crippen molar-refractivity contribution in [2.45, 2.75) is 27.2 Å². The number of hydrogen-bond acceptors (Lipinski definition) is 1. The van der Waals surface area contributed by atoms with E-state index in [0.717, 1.165) is 13.1 Å². The van der Waals surface area contributed by atoms with Gasteiger partial charge in [0.05, 0.1) is 0 Å². The largest absolute Gasteiger partial charge is 0.301 e. The highest BCUT2D eigenvalue weighted by atomic mass is 15.1. The van der Waals surface area contributed by atoms with Crippen LogP contribution < -0.4 is 0 Å². The summed E-state index contributed by atoms with van der Waals surface area (Å²) in [6.07, 6.45) is 1.25. The summed E-state index contributed by atoms with van der Waals surface area (Å²) in [5.74, 6) is 7.70. The molecule has 0 amide bonds. The minimum absolute atomic E-state index is 0.557. The molecule has 0 aromatic rings. The first kappa shape index (κ1) is 9.61. The number of rotatable bonds is 2. The minimum Gasteiger partial charge on any atom is -0.301 e. The molecule has 68 valence electrons. The molecule has 0 fully saturated rings. The second kappa shape index (κ2) is 4.52. The fourth-order valence-electron chi connectivity index (χ4n) is 1.72. The topological polar surface area (TPSA) is 3.24 Å². The second-order valence-corrected chi connectivity index (χ2v) is 3.85. The van der Waals surface area contributed by atoms with E-state index in [2.05, 4.69) is 37.5 Å². The third-order valence-electron chi connectivity index (χ3n) is 2.18. The van der Waals surface area contributed by atoms with Crippen molar-refractivity contribution in [3.05, 3.63) is 0 Å². The Hall–Kier alpha value is -0.480. The summed E-state index contributed by atoms with van der Waals surface area (Å²) < 4.78 is 0. The van der Waals surface area contributed by atoms with Crippen molar-refractivity contribution in [3.8, 4) is 11.8 Å². The fraction of sp³-hybridized carbons (Fsp3) is 0.818. The van der Waals surface area contributed by atoms with Gasteiger partial charge in [0.25, 0.3) is 0 Å². The average Bonchev–Trinajstić information content (AvgIpc) is 2.14. The lowest BCUT2D eigenvalue weighted by atomic mass is 10.2. The van der Waals surface area contributed by atoms with Gasteiger partial charge in [-0.25, -0.2) is 0 Å². The van der Waals surface area contributed by atoms with Crippen molar-refractivity contribution in [1.29, 1.82) is 0 Å². The summed E-state index contributed by atoms with van der Waals surface area (Å²) in [5.41, 5.74) is 0. The molecule has 2 unspecified atom stereocenters. The molecule has 0 saturated carbocycles. The molecular weight excluding hydrogens is 146 g/mol. The van der Waals surface area contributed by atoms with Crippen LogP contribution in [0.1, 0.15) is 27.2 Å². The first-order valence-electron chi connectivity index (χ1n) is 4.95. The molecule has 0 radical (unpaired) electrons. The van der Waals surface area contributed by atoms with Gasteiger partial charge >= 0.3 is 0 Å². The predicted octanol–water partition coefficient (Wildman–Crippen LogP) is 1.99. The van der Waals surface area contributed by atoms with Crippen molar-refractivity contribution < 1.29 is 0 Å². The summed E-state index contributed by atoms with van der Waals surface area (Å²) in [4.78, 5) is 2.52. The predicted molar refractivity (Wildman–Crippen MR) is 52.8 cm³/mol. The summed E-state index contributed by atoms with van der Waals surface area (Å²) in [6.45, 7) is 10.2. The van der Waals surface area contributed by atoms with Crippen LogP contribution in [0.2, 0.25) is 0 Å². The van der Waals surface area contributed by atoms with E-state index in [9.17, 15) is 0 Å². The zero-order chi connectivity index (χ0) is 8.97. The van der Waals surface area contributed by atoms with Crippen molar-refractivity contribution in [2.75, 3.05) is 19.6 Å². The van der Waals surface area contributed by atoms with Crippen LogP contribution in [-0.2, 0) is 0 Å². The molecule has 0 bridgehead atoms. The van der Waals surface area contributed by atoms with Crippen LogP contribution in [0.3, 0.4) is 0 Å². The minimum atomic E-state index is 0.557. The third kappa shape index (κ3) is 2.87. The molecule has 0 aliphatic carbocycles. The maximum Gasteiger partial charge on any atom is 0.0302 e. The van der Waals surface area contributed by atoms with Gasteiger partial charge in [0.15, 0.2) is 0 Å². The van der Waals surface area contributed by atoms with Gasteiger partial charge in [-0.15, -0.1) is 0 Å². The molecule has 1 rings (SSSR count). The summed E-state index contributed by atoms with van der Waals surface area (Å²) in [7, 11) is 0. The maximum atomic E-state index is 3.29. The Morgan fingerprint density at radius 2 is 1.67 bits per heavy atom. The van der Waals surface area contributed by atoms with Gasteiger partial charge in [0.1, 0.15) is 0 Å². The van der Waals surface area contributed by atoms with Gasteiger partial charge < -0.3 is 4.90 Å². The van der Waals surface area contributed by atoms with Crippen LogP contribution in [-0.4, -0.2) is 24.5 Å². The van der Waals surface area contributed by atoms with E-state index < -0.39 is 0 Å². The van der Waals surface area contributed by atoms with Gasteiger partial charge in [-0.05, 0) is 13.0 Å². The van der Waals surface area contributed by atoms with E-state index in [0.29, 0.717) is 11.8 Å². The smallest absolute Gasteiger partial charge is 0.0302 e. The van der Waals surface area contributed by atoms with Crippen LogP contribution in [0.5, 0.6) is 0 Å². The molecule has 2 atom stereocenters. The molecule has 1 heterocycles. The van der Waals surface area contributed by atoms with E-state index in [-0.39, 0.29) is 0 Å². The molecule has 1 aliphatic rings. The van der Waals surface area contributed by atoms with Gasteiger partial charge in [-0.1, -0.05) is 32.6 Å². The Balaban J connectivity index is 2.48. The van der Waals surface area contributed by atoms with Crippen molar-refractivity contribution in [2.24, 2.45) is 11.8 Å². The standard InChI is InChI=1S/C11H19N/c1-4-7-12-8-10(2)5-6-11(3)9-12/h10-11H,4,7-9H2,1-3H3. The Kier molecular flexibility index (Phi) is 3.62.